The van der Waals surface area contributed by atoms with E-state index in [0.717, 1.165) is 5.56 Å². The number of hydrogen-bond acceptors (Lipinski definition) is 5. The molecule has 0 radical (unpaired) electrons. The molecule has 5 nitrogen and oxygen atoms in total. The van der Waals surface area contributed by atoms with Gasteiger partial charge in [0.25, 0.3) is 0 Å². The van der Waals surface area contributed by atoms with Gasteiger partial charge in [0.05, 0.1) is 16.7 Å². The topological polar surface area (TPSA) is 83.0 Å². The van der Waals surface area contributed by atoms with Crippen molar-refractivity contribution in [2.45, 2.75) is 19.3 Å². The first-order valence-corrected chi connectivity index (χ1v) is 8.06. The van der Waals surface area contributed by atoms with Gasteiger partial charge in [0, 0.05) is 17.4 Å². The number of hydrogen-bond donors (Lipinski definition) is 2. The fourth-order valence-corrected chi connectivity index (χ4v) is 3.00. The highest BCUT2D eigenvalue weighted by Gasteiger charge is 2.25. The summed E-state index contributed by atoms with van der Waals surface area (Å²) in [5.74, 6) is -0.661. The number of halogens is 1. The SMILES string of the molecule is C/C(CC(c1ccc(Cl)cc1)c1c(O)c2ccccc2oc1=O)=N\O. The lowest BCUT2D eigenvalue weighted by Crippen LogP contribution is -2.16. The van der Waals surface area contributed by atoms with Crippen molar-refractivity contribution in [2.24, 2.45) is 5.16 Å². The highest BCUT2D eigenvalue weighted by atomic mass is 35.5. The molecule has 1 aromatic heterocycles. The Labute approximate surface area is 148 Å². The molecule has 3 rings (SSSR count). The van der Waals surface area contributed by atoms with Crippen LogP contribution >= 0.6 is 11.6 Å². The van der Waals surface area contributed by atoms with E-state index in [1.165, 1.54) is 0 Å². The van der Waals surface area contributed by atoms with Crippen LogP contribution in [0.2, 0.25) is 5.02 Å². The quantitative estimate of drug-likeness (QED) is 0.311. The van der Waals surface area contributed by atoms with Gasteiger partial charge in [0.15, 0.2) is 0 Å². The van der Waals surface area contributed by atoms with Crippen molar-refractivity contribution in [3.05, 3.63) is 75.1 Å². The number of benzene rings is 2. The summed E-state index contributed by atoms with van der Waals surface area (Å²) in [6.45, 7) is 1.64. The van der Waals surface area contributed by atoms with Crippen molar-refractivity contribution in [1.82, 2.24) is 0 Å². The van der Waals surface area contributed by atoms with E-state index in [9.17, 15) is 9.90 Å². The van der Waals surface area contributed by atoms with Crippen molar-refractivity contribution in [3.63, 3.8) is 0 Å². The Balaban J connectivity index is 2.24. The normalized spacial score (nSPS) is 13.1. The molecular weight excluding hydrogens is 342 g/mol. The number of rotatable bonds is 4. The van der Waals surface area contributed by atoms with Gasteiger partial charge < -0.3 is 14.7 Å². The molecule has 2 N–H and O–H groups in total. The van der Waals surface area contributed by atoms with Crippen LogP contribution < -0.4 is 5.63 Å². The maximum absolute atomic E-state index is 12.6. The zero-order valence-corrected chi connectivity index (χ0v) is 14.2. The zero-order chi connectivity index (χ0) is 18.0. The molecule has 2 aromatic carbocycles. The van der Waals surface area contributed by atoms with Gasteiger partial charge in [-0.25, -0.2) is 4.79 Å². The van der Waals surface area contributed by atoms with Crippen LogP contribution in [0.1, 0.15) is 30.4 Å². The molecule has 0 amide bonds. The van der Waals surface area contributed by atoms with Crippen LogP contribution in [0.5, 0.6) is 5.75 Å². The second kappa shape index (κ2) is 6.99. The molecule has 6 heteroatoms. The van der Waals surface area contributed by atoms with Gasteiger partial charge in [0.2, 0.25) is 0 Å². The van der Waals surface area contributed by atoms with Gasteiger partial charge >= 0.3 is 5.63 Å². The van der Waals surface area contributed by atoms with Crippen molar-refractivity contribution in [2.75, 3.05) is 0 Å². The summed E-state index contributed by atoms with van der Waals surface area (Å²) < 4.78 is 5.37. The maximum atomic E-state index is 12.6. The fraction of sp³-hybridized carbons (Fsp3) is 0.158. The predicted octanol–water partition coefficient (Wildman–Crippen LogP) is 4.52. The standard InChI is InChI=1S/C19H16ClNO4/c1-11(21-24)10-15(12-6-8-13(20)9-7-12)17-18(22)14-4-2-3-5-16(14)25-19(17)23/h2-9,15,22,24H,10H2,1H3/b21-11+. The van der Waals surface area contributed by atoms with E-state index in [0.29, 0.717) is 21.7 Å². The van der Waals surface area contributed by atoms with E-state index in [1.807, 2.05) is 0 Å². The third kappa shape index (κ3) is 3.37. The summed E-state index contributed by atoms with van der Waals surface area (Å²) in [4.78, 5) is 12.6. The molecule has 1 unspecified atom stereocenters. The summed E-state index contributed by atoms with van der Waals surface area (Å²) in [6, 6.07) is 13.7. The number of aromatic hydroxyl groups is 1. The Morgan fingerprint density at radius 2 is 1.88 bits per heavy atom. The van der Waals surface area contributed by atoms with Crippen LogP contribution in [0.25, 0.3) is 11.0 Å². The third-order valence-electron chi connectivity index (χ3n) is 4.11. The molecule has 0 saturated carbocycles. The minimum Gasteiger partial charge on any atom is -0.507 e. The van der Waals surface area contributed by atoms with Gasteiger partial charge in [-0.05, 0) is 36.8 Å². The molecule has 0 saturated heterocycles. The average molecular weight is 358 g/mol. The van der Waals surface area contributed by atoms with E-state index in [1.54, 1.807) is 55.5 Å². The number of fused-ring (bicyclic) bond motifs is 1. The summed E-state index contributed by atoms with van der Waals surface area (Å²) in [7, 11) is 0. The monoisotopic (exact) mass is 357 g/mol. The van der Waals surface area contributed by atoms with Crippen LogP contribution in [0, 0.1) is 0 Å². The first kappa shape index (κ1) is 17.0. The summed E-state index contributed by atoms with van der Waals surface area (Å²) in [6.07, 6.45) is 0.245. The van der Waals surface area contributed by atoms with E-state index >= 15 is 0 Å². The van der Waals surface area contributed by atoms with E-state index in [4.69, 9.17) is 21.2 Å². The average Bonchev–Trinajstić information content (AvgIpc) is 2.61. The predicted molar refractivity (Wildman–Crippen MR) is 97.0 cm³/mol. The Hall–Kier alpha value is -2.79. The Morgan fingerprint density at radius 3 is 2.56 bits per heavy atom. The summed E-state index contributed by atoms with van der Waals surface area (Å²) >= 11 is 5.94. The number of oxime groups is 1. The Bertz CT molecular complexity index is 992. The number of nitrogens with zero attached hydrogens (tertiary/aromatic N) is 1. The molecular formula is C19H16ClNO4. The van der Waals surface area contributed by atoms with Gasteiger partial charge in [-0.15, -0.1) is 0 Å². The molecule has 128 valence electrons. The Morgan fingerprint density at radius 1 is 1.20 bits per heavy atom. The van der Waals surface area contributed by atoms with Gasteiger partial charge in [-0.1, -0.05) is 41.0 Å². The smallest absolute Gasteiger partial charge is 0.343 e. The highest BCUT2D eigenvalue weighted by molar-refractivity contribution is 6.30. The Kier molecular flexibility index (Phi) is 4.76. The number of para-hydroxylation sites is 1. The van der Waals surface area contributed by atoms with Crippen molar-refractivity contribution in [1.29, 1.82) is 0 Å². The molecule has 1 atom stereocenters. The molecule has 0 bridgehead atoms. The molecule has 1 heterocycles. The molecule has 0 fully saturated rings. The highest BCUT2D eigenvalue weighted by Crippen LogP contribution is 2.36. The van der Waals surface area contributed by atoms with Gasteiger partial charge in [-0.2, -0.15) is 0 Å². The third-order valence-corrected chi connectivity index (χ3v) is 4.36. The van der Waals surface area contributed by atoms with Crippen LogP contribution in [0.4, 0.5) is 0 Å². The fourth-order valence-electron chi connectivity index (χ4n) is 2.87. The van der Waals surface area contributed by atoms with Crippen LogP contribution in [-0.2, 0) is 0 Å². The second-order valence-corrected chi connectivity index (χ2v) is 6.23. The van der Waals surface area contributed by atoms with E-state index < -0.39 is 11.5 Å². The van der Waals surface area contributed by atoms with E-state index in [2.05, 4.69) is 5.16 Å². The van der Waals surface area contributed by atoms with Gasteiger partial charge in [0.1, 0.15) is 11.3 Å². The first-order chi connectivity index (χ1) is 12.0. The molecule has 25 heavy (non-hydrogen) atoms. The largest absolute Gasteiger partial charge is 0.507 e. The lowest BCUT2D eigenvalue weighted by atomic mass is 9.87. The first-order valence-electron chi connectivity index (χ1n) is 7.69. The van der Waals surface area contributed by atoms with Crippen molar-refractivity contribution >= 4 is 28.3 Å². The molecule has 3 aromatic rings. The molecule has 0 aliphatic heterocycles. The van der Waals surface area contributed by atoms with Crippen LogP contribution in [-0.4, -0.2) is 16.0 Å². The molecule has 0 spiro atoms. The molecule has 0 aliphatic rings. The van der Waals surface area contributed by atoms with E-state index in [-0.39, 0.29) is 17.7 Å². The minimum absolute atomic E-state index is 0.127. The molecule has 0 aliphatic carbocycles. The summed E-state index contributed by atoms with van der Waals surface area (Å²) in [5, 5.41) is 24.0. The summed E-state index contributed by atoms with van der Waals surface area (Å²) in [5.41, 5.74) is 0.999. The zero-order valence-electron chi connectivity index (χ0n) is 13.4. The van der Waals surface area contributed by atoms with Crippen molar-refractivity contribution < 1.29 is 14.7 Å². The van der Waals surface area contributed by atoms with Crippen LogP contribution in [0.15, 0.2) is 62.9 Å². The van der Waals surface area contributed by atoms with Crippen molar-refractivity contribution in [3.8, 4) is 5.75 Å². The lowest BCUT2D eigenvalue weighted by molar-refractivity contribution is 0.317. The minimum atomic E-state index is -0.623. The lowest BCUT2D eigenvalue weighted by Gasteiger charge is -2.18. The van der Waals surface area contributed by atoms with Crippen LogP contribution in [0.3, 0.4) is 0 Å². The maximum Gasteiger partial charge on any atom is 0.343 e. The van der Waals surface area contributed by atoms with Gasteiger partial charge in [-0.3, -0.25) is 0 Å². The second-order valence-electron chi connectivity index (χ2n) is 5.79.